The summed E-state index contributed by atoms with van der Waals surface area (Å²) < 4.78 is 14.1. The summed E-state index contributed by atoms with van der Waals surface area (Å²) in [6, 6.07) is 18.2. The number of halogens is 3. The maximum absolute atomic E-state index is 14.1. The lowest BCUT2D eigenvalue weighted by atomic mass is 9.90. The van der Waals surface area contributed by atoms with Crippen molar-refractivity contribution >= 4 is 63.3 Å². The summed E-state index contributed by atoms with van der Waals surface area (Å²) in [5.74, 6) is -4.94. The van der Waals surface area contributed by atoms with E-state index in [1.54, 1.807) is 48.5 Å². The van der Waals surface area contributed by atoms with Gasteiger partial charge in [-0.2, -0.15) is 0 Å². The van der Waals surface area contributed by atoms with Crippen molar-refractivity contribution in [3.63, 3.8) is 0 Å². The van der Waals surface area contributed by atoms with Gasteiger partial charge < -0.3 is 15.6 Å². The second kappa shape index (κ2) is 14.8. The lowest BCUT2D eigenvalue weighted by Gasteiger charge is -2.23. The Hall–Kier alpha value is -4.34. The number of amides is 2. The van der Waals surface area contributed by atoms with E-state index in [0.717, 1.165) is 5.56 Å². The van der Waals surface area contributed by atoms with Crippen LogP contribution in [0.5, 0.6) is 0 Å². The minimum Gasteiger partial charge on any atom is -0.352 e. The number of rotatable bonds is 13. The quantitative estimate of drug-likeness (QED) is 0.116. The van der Waals surface area contributed by atoms with Crippen LogP contribution in [-0.4, -0.2) is 40.2 Å². The number of carbonyl (C=O) groups excluding carboxylic acids is 5. The average Bonchev–Trinajstić information content (AvgIpc) is 3.65. The Kier molecular flexibility index (Phi) is 10.7. The summed E-state index contributed by atoms with van der Waals surface area (Å²) in [4.78, 5) is 69.3. The van der Waals surface area contributed by atoms with E-state index in [0.29, 0.717) is 45.8 Å². The largest absolute Gasteiger partial charge is 0.352 e. The second-order valence-corrected chi connectivity index (χ2v) is 12.4. The molecule has 3 atom stereocenters. The van der Waals surface area contributed by atoms with Crippen LogP contribution in [0, 0.1) is 17.7 Å². The standard InChI is InChI=1S/C35H32Cl2FN3O5/c36-24-16-27(37)26-18-29(40-28(26)17-24)32(43)15-23(12-21-8-4-10-25(38)13-21)34(45)41-30(14-22-9-5-11-31(22)42)33(44)35(46)39-19-20-6-2-1-3-7-20/h1-4,6-8,10,13,16-18,22-23,30,40H,5,9,11-12,14-15,19H2,(H,39,46)(H,41,45)/t22-,23+,30-/m0/s1. The van der Waals surface area contributed by atoms with E-state index < -0.39 is 47.1 Å². The number of hydrogen-bond donors (Lipinski definition) is 3. The van der Waals surface area contributed by atoms with Gasteiger partial charge in [-0.3, -0.25) is 24.0 Å². The van der Waals surface area contributed by atoms with E-state index >= 15 is 0 Å². The van der Waals surface area contributed by atoms with Gasteiger partial charge in [-0.15, -0.1) is 0 Å². The van der Waals surface area contributed by atoms with E-state index in [9.17, 15) is 28.4 Å². The number of hydrogen-bond acceptors (Lipinski definition) is 5. The molecule has 2 amide bonds. The average molecular weight is 665 g/mol. The number of aromatic nitrogens is 1. The minimum atomic E-state index is -1.30. The number of fused-ring (bicyclic) bond motifs is 1. The molecule has 1 fully saturated rings. The summed E-state index contributed by atoms with van der Waals surface area (Å²) in [5.41, 5.74) is 1.99. The number of Topliss-reactive ketones (excluding diaryl/α,β-unsaturated/α-hetero) is 3. The third-order valence-electron chi connectivity index (χ3n) is 8.23. The molecule has 1 aliphatic rings. The Morgan fingerprint density at radius 2 is 1.72 bits per heavy atom. The van der Waals surface area contributed by atoms with Crippen LogP contribution < -0.4 is 10.6 Å². The molecule has 1 heterocycles. The molecule has 238 valence electrons. The van der Waals surface area contributed by atoms with Crippen LogP contribution in [0.1, 0.15) is 53.7 Å². The van der Waals surface area contributed by atoms with Gasteiger partial charge in [-0.1, -0.05) is 65.7 Å². The molecule has 0 unspecified atom stereocenters. The molecule has 3 aromatic carbocycles. The van der Waals surface area contributed by atoms with Crippen LogP contribution in [0.2, 0.25) is 10.0 Å². The van der Waals surface area contributed by atoms with E-state index in [4.69, 9.17) is 23.2 Å². The van der Waals surface area contributed by atoms with Crippen LogP contribution in [0.3, 0.4) is 0 Å². The van der Waals surface area contributed by atoms with Gasteiger partial charge in [0, 0.05) is 47.1 Å². The zero-order valence-corrected chi connectivity index (χ0v) is 26.3. The highest BCUT2D eigenvalue weighted by Crippen LogP contribution is 2.30. The lowest BCUT2D eigenvalue weighted by Crippen LogP contribution is -2.50. The van der Waals surface area contributed by atoms with Gasteiger partial charge in [0.25, 0.3) is 5.91 Å². The van der Waals surface area contributed by atoms with Crippen molar-refractivity contribution in [1.29, 1.82) is 0 Å². The predicted molar refractivity (Wildman–Crippen MR) is 173 cm³/mol. The highest BCUT2D eigenvalue weighted by molar-refractivity contribution is 6.39. The van der Waals surface area contributed by atoms with Crippen LogP contribution in [0.15, 0.2) is 72.8 Å². The fourth-order valence-electron chi connectivity index (χ4n) is 5.82. The van der Waals surface area contributed by atoms with Crippen molar-refractivity contribution < 1.29 is 28.4 Å². The third kappa shape index (κ3) is 8.27. The van der Waals surface area contributed by atoms with E-state index in [1.165, 1.54) is 18.2 Å². The molecule has 8 nitrogen and oxygen atoms in total. The molecule has 0 saturated heterocycles. The first kappa shape index (κ1) is 33.0. The van der Waals surface area contributed by atoms with Gasteiger partial charge in [0.15, 0.2) is 5.78 Å². The summed E-state index contributed by atoms with van der Waals surface area (Å²) >= 11 is 12.4. The van der Waals surface area contributed by atoms with Gasteiger partial charge in [-0.25, -0.2) is 4.39 Å². The molecule has 46 heavy (non-hydrogen) atoms. The van der Waals surface area contributed by atoms with Crippen molar-refractivity contribution in [1.82, 2.24) is 15.6 Å². The normalized spacial score (nSPS) is 15.8. The van der Waals surface area contributed by atoms with Gasteiger partial charge in [0.1, 0.15) is 11.6 Å². The van der Waals surface area contributed by atoms with Gasteiger partial charge >= 0.3 is 0 Å². The first-order valence-electron chi connectivity index (χ1n) is 15.0. The van der Waals surface area contributed by atoms with Crippen LogP contribution in [0.4, 0.5) is 4.39 Å². The number of carbonyl (C=O) groups is 5. The van der Waals surface area contributed by atoms with Crippen LogP contribution >= 0.6 is 23.2 Å². The topological polar surface area (TPSA) is 125 Å². The first-order valence-corrected chi connectivity index (χ1v) is 15.8. The monoisotopic (exact) mass is 663 g/mol. The van der Waals surface area contributed by atoms with Gasteiger partial charge in [-0.05, 0) is 67.1 Å². The summed E-state index contributed by atoms with van der Waals surface area (Å²) in [6.07, 6.45) is 1.22. The van der Waals surface area contributed by atoms with Crippen molar-refractivity contribution in [2.75, 3.05) is 0 Å². The molecule has 0 aliphatic heterocycles. The zero-order valence-electron chi connectivity index (χ0n) is 24.8. The smallest absolute Gasteiger partial charge is 0.289 e. The summed E-state index contributed by atoms with van der Waals surface area (Å²) in [7, 11) is 0. The second-order valence-electron chi connectivity index (χ2n) is 11.6. The van der Waals surface area contributed by atoms with Crippen molar-refractivity contribution in [2.24, 2.45) is 11.8 Å². The summed E-state index contributed by atoms with van der Waals surface area (Å²) in [6.45, 7) is 0.102. The van der Waals surface area contributed by atoms with E-state index in [1.807, 2.05) is 6.07 Å². The molecular weight excluding hydrogens is 632 g/mol. The Morgan fingerprint density at radius 1 is 0.957 bits per heavy atom. The van der Waals surface area contributed by atoms with Gasteiger partial charge in [0.2, 0.25) is 11.7 Å². The zero-order chi connectivity index (χ0) is 32.8. The Balaban J connectivity index is 1.38. The maximum Gasteiger partial charge on any atom is 0.289 e. The van der Waals surface area contributed by atoms with Crippen molar-refractivity contribution in [2.45, 2.75) is 51.1 Å². The lowest BCUT2D eigenvalue weighted by molar-refractivity contribution is -0.141. The number of benzene rings is 3. The number of ketones is 3. The number of nitrogens with one attached hydrogen (secondary N) is 3. The molecule has 5 rings (SSSR count). The van der Waals surface area contributed by atoms with E-state index in [2.05, 4.69) is 15.6 Å². The maximum atomic E-state index is 14.1. The molecule has 1 saturated carbocycles. The summed E-state index contributed by atoms with van der Waals surface area (Å²) in [5, 5.41) is 6.58. The minimum absolute atomic E-state index is 0.0222. The third-order valence-corrected chi connectivity index (χ3v) is 8.76. The highest BCUT2D eigenvalue weighted by Gasteiger charge is 2.35. The molecule has 4 aromatic rings. The molecule has 0 bridgehead atoms. The Bertz CT molecular complexity index is 1790. The van der Waals surface area contributed by atoms with Crippen LogP contribution in [0.25, 0.3) is 10.9 Å². The molecule has 0 spiro atoms. The Labute approximate surface area is 275 Å². The molecule has 1 aliphatic carbocycles. The van der Waals surface area contributed by atoms with Crippen molar-refractivity contribution in [3.8, 4) is 0 Å². The fourth-order valence-corrected chi connectivity index (χ4v) is 6.36. The highest BCUT2D eigenvalue weighted by atomic mass is 35.5. The molecule has 11 heteroatoms. The number of H-pyrrole nitrogens is 1. The number of aromatic amines is 1. The Morgan fingerprint density at radius 3 is 2.43 bits per heavy atom. The molecule has 3 N–H and O–H groups in total. The van der Waals surface area contributed by atoms with Crippen LogP contribution in [-0.2, 0) is 32.1 Å². The fraction of sp³-hybridized carbons (Fsp3) is 0.286. The first-order chi connectivity index (χ1) is 22.1. The van der Waals surface area contributed by atoms with Crippen molar-refractivity contribution in [3.05, 3.63) is 105 Å². The van der Waals surface area contributed by atoms with E-state index in [-0.39, 0.29) is 37.3 Å². The van der Waals surface area contributed by atoms with Gasteiger partial charge in [0.05, 0.1) is 16.8 Å². The SMILES string of the molecule is O=C(NCc1ccccc1)C(=O)[C@H](C[C@@H]1CCCC1=O)NC(=O)[C@@H](CC(=O)c1cc2c(Cl)cc(Cl)cc2[nH]1)Cc1cccc(F)c1. The predicted octanol–water partition coefficient (Wildman–Crippen LogP) is 6.18. The molecule has 1 aromatic heterocycles. The molecule has 0 radical (unpaired) electrons. The molecular formula is C35H32Cl2FN3O5.